The molecule has 13 aromatic rings. The highest BCUT2D eigenvalue weighted by Crippen LogP contribution is 2.52. The van der Waals surface area contributed by atoms with Crippen molar-refractivity contribution in [1.29, 1.82) is 0 Å². The molecular weight excluding hydrogens is 825 g/mol. The van der Waals surface area contributed by atoms with Crippen LogP contribution in [-0.4, -0.2) is 8.80 Å². The molecule has 0 spiro atoms. The van der Waals surface area contributed by atoms with Gasteiger partial charge in [0.2, 0.25) is 0 Å². The lowest BCUT2D eigenvalue weighted by atomic mass is 9.86. The van der Waals surface area contributed by atoms with Gasteiger partial charge in [-0.3, -0.25) is 0 Å². The Morgan fingerprint density at radius 1 is 0.382 bits per heavy atom. The van der Waals surface area contributed by atoms with Crippen molar-refractivity contribution in [2.45, 2.75) is 66.2 Å². The zero-order valence-corrected chi connectivity index (χ0v) is 39.3. The van der Waals surface area contributed by atoms with Crippen LogP contribution in [0.2, 0.25) is 0 Å². The topological polar surface area (TPSA) is 15.3 Å². The van der Waals surface area contributed by atoms with Crippen LogP contribution in [0.1, 0.15) is 77.5 Å². The summed E-state index contributed by atoms with van der Waals surface area (Å²) in [4.78, 5) is 3.72. The third kappa shape index (κ3) is 5.73. The van der Waals surface area contributed by atoms with Gasteiger partial charge in [0.05, 0.1) is 58.2 Å². The number of aryl methyl sites for hydroxylation is 2. The largest absolute Gasteiger partial charge is 0.310 e. The van der Waals surface area contributed by atoms with Crippen molar-refractivity contribution in [1.82, 2.24) is 8.80 Å². The fourth-order valence-corrected chi connectivity index (χ4v) is 11.0. The Morgan fingerprint density at radius 3 is 1.16 bits per heavy atom. The maximum Gasteiger partial charge on any atom is 0.0645 e. The van der Waals surface area contributed by atoms with Crippen LogP contribution in [0.4, 0.5) is 34.1 Å². The van der Waals surface area contributed by atoms with E-state index in [-0.39, 0.29) is 46.4 Å². The molecular formula is C64H54N4. The Morgan fingerprint density at radius 2 is 0.779 bits per heavy atom. The van der Waals surface area contributed by atoms with Crippen LogP contribution in [0, 0.1) is 13.8 Å². The fraction of sp³-hybridized carbons (Fsp3) is 0.156. The number of nitrogens with zero attached hydrogens (tertiary/aromatic N) is 4. The molecule has 4 aromatic heterocycles. The minimum atomic E-state index is -0.454. The van der Waals surface area contributed by atoms with Crippen LogP contribution < -0.4 is 9.80 Å². The second-order valence-corrected chi connectivity index (χ2v) is 20.4. The molecule has 0 aliphatic carbocycles. The number of hydrogen-bond acceptors (Lipinski definition) is 2. The smallest absolute Gasteiger partial charge is 0.0645 e. The second-order valence-electron chi connectivity index (χ2n) is 20.4. The molecule has 9 aromatic carbocycles. The van der Waals surface area contributed by atoms with E-state index in [0.29, 0.717) is 22.7 Å². The fourth-order valence-electron chi connectivity index (χ4n) is 11.0. The first kappa shape index (κ1) is 31.2. The third-order valence-electron chi connectivity index (χ3n) is 14.3. The molecule has 0 atom stereocenters. The Hall–Kier alpha value is -7.82. The van der Waals surface area contributed by atoms with Crippen molar-refractivity contribution < 1.29 is 13.7 Å². The summed E-state index contributed by atoms with van der Waals surface area (Å²) in [6, 6.07) is 37.9. The van der Waals surface area contributed by atoms with E-state index >= 15 is 0 Å². The summed E-state index contributed by atoms with van der Waals surface area (Å²) in [6.45, 7) is 17.1. The van der Waals surface area contributed by atoms with E-state index in [1.165, 1.54) is 0 Å². The summed E-state index contributed by atoms with van der Waals surface area (Å²) in [7, 11) is 0. The highest BCUT2D eigenvalue weighted by molar-refractivity contribution is 6.32. The zero-order valence-electron chi connectivity index (χ0n) is 49.3. The molecule has 4 heterocycles. The molecule has 0 fully saturated rings. The van der Waals surface area contributed by atoms with Gasteiger partial charge in [0, 0.05) is 65.8 Å². The van der Waals surface area contributed by atoms with E-state index in [4.69, 9.17) is 8.22 Å². The molecule has 68 heavy (non-hydrogen) atoms. The van der Waals surface area contributed by atoms with Crippen LogP contribution >= 0.6 is 0 Å². The summed E-state index contributed by atoms with van der Waals surface area (Å²) in [5.41, 5.74) is 12.2. The summed E-state index contributed by atoms with van der Waals surface area (Å²) in [5.74, 6) is 0. The normalized spacial score (nSPS) is 14.8. The molecule has 0 unspecified atom stereocenters. The molecule has 0 bridgehead atoms. The van der Waals surface area contributed by atoms with Crippen LogP contribution in [0.25, 0.3) is 76.2 Å². The maximum atomic E-state index is 9.37. The third-order valence-corrected chi connectivity index (χ3v) is 14.3. The molecule has 0 amide bonds. The van der Waals surface area contributed by atoms with Crippen LogP contribution in [0.15, 0.2) is 182 Å². The highest BCUT2D eigenvalue weighted by atomic mass is 15.2. The summed E-state index contributed by atoms with van der Waals surface area (Å²) < 4.78 is 94.6. The summed E-state index contributed by atoms with van der Waals surface area (Å²) in [6.07, 6.45) is 0. The van der Waals surface area contributed by atoms with Gasteiger partial charge in [0.15, 0.2) is 0 Å². The Balaban J connectivity index is 1.18. The number of para-hydroxylation sites is 4. The Bertz CT molecular complexity index is 4390. The molecule has 0 aliphatic rings. The molecule has 0 radical (unpaired) electrons. The van der Waals surface area contributed by atoms with E-state index < -0.39 is 36.3 Å². The van der Waals surface area contributed by atoms with Crippen molar-refractivity contribution >= 4 is 110 Å². The number of fused-ring (bicyclic) bond motifs is 12. The van der Waals surface area contributed by atoms with Gasteiger partial charge in [-0.15, -0.1) is 0 Å². The van der Waals surface area contributed by atoms with E-state index in [9.17, 15) is 5.48 Å². The number of rotatable bonds is 6. The lowest BCUT2D eigenvalue weighted by molar-refractivity contribution is 0.591. The van der Waals surface area contributed by atoms with Gasteiger partial charge < -0.3 is 18.6 Å². The molecule has 4 heteroatoms. The van der Waals surface area contributed by atoms with Crippen molar-refractivity contribution in [3.63, 3.8) is 0 Å². The van der Waals surface area contributed by atoms with Gasteiger partial charge >= 0.3 is 0 Å². The van der Waals surface area contributed by atoms with Gasteiger partial charge in [0.1, 0.15) is 0 Å². The average Bonchev–Trinajstić information content (AvgIpc) is 3.48. The van der Waals surface area contributed by atoms with Crippen molar-refractivity contribution in [2.75, 3.05) is 9.80 Å². The number of hydrogen-bond donors (Lipinski definition) is 0. The average molecular weight is 889 g/mol. The maximum absolute atomic E-state index is 9.37. The van der Waals surface area contributed by atoms with Crippen molar-refractivity contribution in [3.05, 3.63) is 204 Å². The van der Waals surface area contributed by atoms with Gasteiger partial charge in [-0.2, -0.15) is 0 Å². The highest BCUT2D eigenvalue weighted by Gasteiger charge is 2.30. The quantitative estimate of drug-likeness (QED) is 0.165. The first-order chi connectivity index (χ1) is 37.0. The van der Waals surface area contributed by atoms with Gasteiger partial charge in [0.25, 0.3) is 0 Å². The molecule has 0 saturated heterocycles. The standard InChI is InChI=1S/C64H54N4/c1-39-19-15-17-25-51(39)65(43-21-11-9-12-22-43)55-33-29-45-47-37-58-48(38-57(47)67-53-31-27-41(63(3,4)5)35-49(53)59(55)61(45)67)46-30-34-56(66(44-23-13-10-14-24-44)52-26-18-16-20-40(52)2)60-50-36-42(64(6,7)8)28-32-54(50)68(58)62(46)60/h9-38H,1-8H3/i9D,10D,11D,12D,13D,14D,21D,22D,23D,24D. The number of anilines is 6. The Kier molecular flexibility index (Phi) is 6.58. The van der Waals surface area contributed by atoms with E-state index in [1.54, 1.807) is 0 Å². The molecule has 0 N–H and O–H groups in total. The minimum absolute atomic E-state index is 0.0645. The van der Waals surface area contributed by atoms with Gasteiger partial charge in [-0.05, 0) is 132 Å². The monoisotopic (exact) mass is 888 g/mol. The van der Waals surface area contributed by atoms with Crippen molar-refractivity contribution in [3.8, 4) is 0 Å². The van der Waals surface area contributed by atoms with Crippen LogP contribution in [0.3, 0.4) is 0 Å². The SMILES string of the molecule is [2H]c1c([2H])c([2H])c(N(c2ccccc2C)c2ccc3c4cc5c(cc4n4c6ccc(C(C)(C)C)cc6c2c34)c2ccc(N(c3ccccc3C)c3c([2H])c([2H])c([2H])c([2H])c3[2H])c3c4cc(C(C)(C)C)ccc4n5c23)c([2H])c1[2H]. The molecule has 0 aliphatic heterocycles. The molecule has 13 rings (SSSR count). The van der Waals surface area contributed by atoms with Crippen LogP contribution in [-0.2, 0) is 10.8 Å². The first-order valence-electron chi connectivity index (χ1n) is 28.3. The second kappa shape index (κ2) is 14.3. The van der Waals surface area contributed by atoms with Crippen LogP contribution in [0.5, 0.6) is 0 Å². The predicted octanol–water partition coefficient (Wildman–Crippen LogP) is 18.1. The molecule has 4 nitrogen and oxygen atoms in total. The van der Waals surface area contributed by atoms with E-state index in [0.717, 1.165) is 98.4 Å². The van der Waals surface area contributed by atoms with Gasteiger partial charge in [-0.1, -0.05) is 138 Å². The number of aromatic nitrogens is 2. The van der Waals surface area contributed by atoms with Gasteiger partial charge in [-0.25, -0.2) is 0 Å². The van der Waals surface area contributed by atoms with E-state index in [1.807, 2.05) is 84.3 Å². The molecule has 0 saturated carbocycles. The lowest BCUT2D eigenvalue weighted by Gasteiger charge is -2.28. The minimum Gasteiger partial charge on any atom is -0.310 e. The summed E-state index contributed by atoms with van der Waals surface area (Å²) >= 11 is 0. The van der Waals surface area contributed by atoms with Crippen molar-refractivity contribution in [2.24, 2.45) is 0 Å². The predicted molar refractivity (Wildman–Crippen MR) is 292 cm³/mol. The number of benzene rings is 9. The summed E-state index contributed by atoms with van der Waals surface area (Å²) in [5, 5.41) is 7.68. The Labute approximate surface area is 411 Å². The van der Waals surface area contributed by atoms with E-state index in [2.05, 4.69) is 111 Å². The first-order valence-corrected chi connectivity index (χ1v) is 23.3. The zero-order chi connectivity index (χ0) is 55.1. The lowest BCUT2D eigenvalue weighted by Crippen LogP contribution is -2.12. The molecule has 330 valence electrons.